The Labute approximate surface area is 172 Å². The minimum atomic E-state index is -4.76. The van der Waals surface area contributed by atoms with E-state index in [-0.39, 0.29) is 30.1 Å². The Balaban J connectivity index is 1.80. The highest BCUT2D eigenvalue weighted by molar-refractivity contribution is 5.88. The average molecular weight is 441 g/mol. The average Bonchev–Trinajstić information content (AvgIpc) is 3.18. The molecule has 3 rings (SSSR count). The van der Waals surface area contributed by atoms with Gasteiger partial charge in [-0.2, -0.15) is 18.3 Å². The number of carbonyl (C=O) groups excluding carboxylic acids is 1. The SMILES string of the molecule is O=C(NCc1cc(C(F)(F)F)nn1-c1cccc(C(F)F)c1)Nc1ccc(CO)nc1. The van der Waals surface area contributed by atoms with E-state index < -0.39 is 24.3 Å². The van der Waals surface area contributed by atoms with Crippen molar-refractivity contribution in [2.24, 2.45) is 0 Å². The first kappa shape index (κ1) is 22.2. The number of nitrogens with zero attached hydrogens (tertiary/aromatic N) is 3. The number of benzene rings is 1. The van der Waals surface area contributed by atoms with Gasteiger partial charge < -0.3 is 15.7 Å². The quantitative estimate of drug-likeness (QED) is 0.504. The molecule has 0 atom stereocenters. The summed E-state index contributed by atoms with van der Waals surface area (Å²) in [5, 5.41) is 17.3. The number of pyridine rings is 1. The van der Waals surface area contributed by atoms with Crippen molar-refractivity contribution in [2.45, 2.75) is 25.8 Å². The van der Waals surface area contributed by atoms with Crippen LogP contribution in [-0.4, -0.2) is 25.9 Å². The molecule has 0 aliphatic carbocycles. The van der Waals surface area contributed by atoms with Gasteiger partial charge in [0.1, 0.15) is 0 Å². The predicted molar refractivity (Wildman–Crippen MR) is 99.5 cm³/mol. The number of urea groups is 1. The van der Waals surface area contributed by atoms with E-state index in [1.54, 1.807) is 0 Å². The van der Waals surface area contributed by atoms with Crippen molar-refractivity contribution in [1.82, 2.24) is 20.1 Å². The molecule has 164 valence electrons. The predicted octanol–water partition coefficient (Wildman–Crippen LogP) is 4.04. The maximum Gasteiger partial charge on any atom is 0.435 e. The Bertz CT molecular complexity index is 1050. The van der Waals surface area contributed by atoms with Crippen LogP contribution in [0.4, 0.5) is 32.4 Å². The summed E-state index contributed by atoms with van der Waals surface area (Å²) in [7, 11) is 0. The van der Waals surface area contributed by atoms with Crippen LogP contribution in [0, 0.1) is 0 Å². The number of alkyl halides is 5. The second-order valence-corrected chi connectivity index (χ2v) is 6.33. The highest BCUT2D eigenvalue weighted by atomic mass is 19.4. The molecule has 0 aliphatic heterocycles. The van der Waals surface area contributed by atoms with E-state index in [4.69, 9.17) is 5.11 Å². The lowest BCUT2D eigenvalue weighted by atomic mass is 10.2. The molecule has 0 bridgehead atoms. The van der Waals surface area contributed by atoms with Crippen molar-refractivity contribution < 1.29 is 31.9 Å². The molecule has 7 nitrogen and oxygen atoms in total. The molecule has 0 radical (unpaired) electrons. The Kier molecular flexibility index (Phi) is 6.49. The third kappa shape index (κ3) is 5.54. The number of anilines is 1. The van der Waals surface area contributed by atoms with Crippen molar-refractivity contribution >= 4 is 11.7 Å². The topological polar surface area (TPSA) is 92.1 Å². The van der Waals surface area contributed by atoms with Crippen LogP contribution in [-0.2, 0) is 19.3 Å². The Morgan fingerprint density at radius 2 is 1.94 bits per heavy atom. The lowest BCUT2D eigenvalue weighted by molar-refractivity contribution is -0.141. The first-order valence-corrected chi connectivity index (χ1v) is 8.82. The fourth-order valence-electron chi connectivity index (χ4n) is 2.64. The van der Waals surface area contributed by atoms with Crippen molar-refractivity contribution in [2.75, 3.05) is 5.32 Å². The van der Waals surface area contributed by atoms with Gasteiger partial charge in [0.25, 0.3) is 6.43 Å². The minimum Gasteiger partial charge on any atom is -0.390 e. The Morgan fingerprint density at radius 3 is 2.55 bits per heavy atom. The van der Waals surface area contributed by atoms with E-state index in [0.717, 1.165) is 22.9 Å². The number of nitrogens with one attached hydrogen (secondary N) is 2. The number of aliphatic hydroxyl groups is 1. The van der Waals surface area contributed by atoms with Crippen molar-refractivity contribution in [3.8, 4) is 5.69 Å². The fourth-order valence-corrected chi connectivity index (χ4v) is 2.64. The van der Waals surface area contributed by atoms with E-state index >= 15 is 0 Å². The zero-order valence-corrected chi connectivity index (χ0v) is 15.7. The molecule has 0 spiro atoms. The van der Waals surface area contributed by atoms with Gasteiger partial charge in [-0.05, 0) is 30.3 Å². The van der Waals surface area contributed by atoms with Crippen LogP contribution in [0.2, 0.25) is 0 Å². The van der Waals surface area contributed by atoms with Crippen LogP contribution in [0.1, 0.15) is 29.1 Å². The molecule has 0 saturated carbocycles. The molecule has 0 fully saturated rings. The minimum absolute atomic E-state index is 0.00528. The molecule has 2 heterocycles. The molecule has 0 saturated heterocycles. The number of halogens is 5. The summed E-state index contributed by atoms with van der Waals surface area (Å²) in [5.41, 5.74) is -0.991. The number of aromatic nitrogens is 3. The van der Waals surface area contributed by atoms with Crippen molar-refractivity contribution in [3.05, 3.63) is 71.3 Å². The largest absolute Gasteiger partial charge is 0.435 e. The summed E-state index contributed by atoms with van der Waals surface area (Å²) in [6, 6.07) is 7.74. The van der Waals surface area contributed by atoms with Gasteiger partial charge >= 0.3 is 12.2 Å². The van der Waals surface area contributed by atoms with Crippen molar-refractivity contribution in [3.63, 3.8) is 0 Å². The summed E-state index contributed by atoms with van der Waals surface area (Å²) in [5.74, 6) is 0. The monoisotopic (exact) mass is 441 g/mol. The lowest BCUT2D eigenvalue weighted by Crippen LogP contribution is -2.29. The lowest BCUT2D eigenvalue weighted by Gasteiger charge is -2.11. The molecule has 12 heteroatoms. The van der Waals surface area contributed by atoms with Crippen LogP contribution in [0.3, 0.4) is 0 Å². The fraction of sp³-hybridized carbons (Fsp3) is 0.211. The zero-order chi connectivity index (χ0) is 22.6. The summed E-state index contributed by atoms with van der Waals surface area (Å²) < 4.78 is 66.2. The smallest absolute Gasteiger partial charge is 0.390 e. The van der Waals surface area contributed by atoms with E-state index in [0.29, 0.717) is 11.4 Å². The molecule has 0 aliphatic rings. The Morgan fingerprint density at radius 1 is 1.16 bits per heavy atom. The second kappa shape index (κ2) is 9.08. The molecule has 2 aromatic heterocycles. The van der Waals surface area contributed by atoms with Crippen LogP contribution < -0.4 is 10.6 Å². The number of carbonyl (C=O) groups is 1. The third-order valence-electron chi connectivity index (χ3n) is 4.11. The second-order valence-electron chi connectivity index (χ2n) is 6.33. The maximum atomic E-state index is 13.1. The molecule has 0 unspecified atom stereocenters. The zero-order valence-electron chi connectivity index (χ0n) is 15.7. The van der Waals surface area contributed by atoms with Gasteiger partial charge in [-0.1, -0.05) is 12.1 Å². The van der Waals surface area contributed by atoms with Crippen LogP contribution in [0.5, 0.6) is 0 Å². The molecule has 3 N–H and O–H groups in total. The van der Waals surface area contributed by atoms with Gasteiger partial charge in [-0.25, -0.2) is 18.3 Å². The van der Waals surface area contributed by atoms with Gasteiger partial charge in [0.2, 0.25) is 0 Å². The van der Waals surface area contributed by atoms with E-state index in [1.807, 2.05) is 0 Å². The summed E-state index contributed by atoms with van der Waals surface area (Å²) >= 11 is 0. The summed E-state index contributed by atoms with van der Waals surface area (Å²) in [6.45, 7) is -0.638. The normalized spacial score (nSPS) is 11.6. The van der Waals surface area contributed by atoms with Gasteiger partial charge in [0, 0.05) is 5.56 Å². The molecular weight excluding hydrogens is 425 g/mol. The van der Waals surface area contributed by atoms with E-state index in [1.165, 1.54) is 30.5 Å². The Hall–Kier alpha value is -3.54. The standard InChI is InChI=1S/C19H16F5N5O2/c20-17(21)11-2-1-3-14(6-11)29-15(7-16(28-29)19(22,23)24)9-26-18(31)27-12-4-5-13(10-30)25-8-12/h1-8,17,30H,9-10H2,(H2,26,27,31). The summed E-state index contributed by atoms with van der Waals surface area (Å²) in [6.07, 6.45) is -6.27. The highest BCUT2D eigenvalue weighted by Crippen LogP contribution is 2.30. The molecule has 3 aromatic rings. The van der Waals surface area contributed by atoms with Gasteiger partial charge in [-0.3, -0.25) is 4.98 Å². The van der Waals surface area contributed by atoms with Crippen LogP contribution >= 0.6 is 0 Å². The number of aliphatic hydroxyl groups excluding tert-OH is 1. The van der Waals surface area contributed by atoms with Crippen molar-refractivity contribution in [1.29, 1.82) is 0 Å². The first-order chi connectivity index (χ1) is 14.7. The highest BCUT2D eigenvalue weighted by Gasteiger charge is 2.35. The first-order valence-electron chi connectivity index (χ1n) is 8.82. The number of hydrogen-bond donors (Lipinski definition) is 3. The van der Waals surface area contributed by atoms with Crippen LogP contribution in [0.15, 0.2) is 48.7 Å². The van der Waals surface area contributed by atoms with Gasteiger partial charge in [-0.15, -0.1) is 0 Å². The van der Waals surface area contributed by atoms with E-state index in [9.17, 15) is 26.7 Å². The molecule has 2 amide bonds. The van der Waals surface area contributed by atoms with E-state index in [2.05, 4.69) is 20.7 Å². The molecule has 31 heavy (non-hydrogen) atoms. The van der Waals surface area contributed by atoms with Gasteiger partial charge in [0.15, 0.2) is 5.69 Å². The number of amides is 2. The van der Waals surface area contributed by atoms with Crippen LogP contribution in [0.25, 0.3) is 5.69 Å². The molecular formula is C19H16F5N5O2. The number of hydrogen-bond acceptors (Lipinski definition) is 4. The molecule has 1 aromatic carbocycles. The summed E-state index contributed by atoms with van der Waals surface area (Å²) in [4.78, 5) is 16.0. The van der Waals surface area contributed by atoms with Gasteiger partial charge in [0.05, 0.1) is 42.1 Å². The third-order valence-corrected chi connectivity index (χ3v) is 4.11. The number of rotatable bonds is 6. The maximum absolute atomic E-state index is 13.1.